The van der Waals surface area contributed by atoms with Gasteiger partial charge in [-0.15, -0.1) is 0 Å². The minimum Gasteiger partial charge on any atom is -0.360 e. The highest BCUT2D eigenvalue weighted by molar-refractivity contribution is 6.33. The van der Waals surface area contributed by atoms with Gasteiger partial charge in [0, 0.05) is 12.1 Å². The van der Waals surface area contributed by atoms with E-state index in [9.17, 15) is 4.79 Å². The largest absolute Gasteiger partial charge is 0.360 e. The molecule has 0 unspecified atom stereocenters. The van der Waals surface area contributed by atoms with Crippen molar-refractivity contribution in [2.45, 2.75) is 20.4 Å². The van der Waals surface area contributed by atoms with Crippen LogP contribution in [-0.4, -0.2) is 11.1 Å². The van der Waals surface area contributed by atoms with Gasteiger partial charge in [-0.05, 0) is 25.5 Å². The number of benzene rings is 2. The average molecular weight is 341 g/mol. The van der Waals surface area contributed by atoms with Crippen molar-refractivity contribution in [3.8, 4) is 11.3 Å². The third-order valence-corrected chi connectivity index (χ3v) is 4.08. The van der Waals surface area contributed by atoms with E-state index in [0.29, 0.717) is 34.1 Å². The molecule has 0 aliphatic rings. The summed E-state index contributed by atoms with van der Waals surface area (Å²) in [6, 6.07) is 15.3. The van der Waals surface area contributed by atoms with Crippen LogP contribution >= 0.6 is 11.6 Å². The molecule has 0 bridgehead atoms. The first-order valence-corrected chi connectivity index (χ1v) is 7.99. The van der Waals surface area contributed by atoms with Crippen LogP contribution < -0.4 is 5.32 Å². The topological polar surface area (TPSA) is 55.1 Å². The number of hydrogen-bond acceptors (Lipinski definition) is 3. The Hall–Kier alpha value is -2.59. The third kappa shape index (κ3) is 3.34. The van der Waals surface area contributed by atoms with Gasteiger partial charge >= 0.3 is 0 Å². The van der Waals surface area contributed by atoms with E-state index in [1.54, 1.807) is 13.0 Å². The van der Waals surface area contributed by atoms with Crippen molar-refractivity contribution >= 4 is 17.5 Å². The molecule has 0 saturated heterocycles. The van der Waals surface area contributed by atoms with E-state index in [1.165, 1.54) is 0 Å². The molecule has 0 aliphatic heterocycles. The van der Waals surface area contributed by atoms with E-state index in [4.69, 9.17) is 16.1 Å². The van der Waals surface area contributed by atoms with Crippen molar-refractivity contribution in [2.75, 3.05) is 0 Å². The first-order chi connectivity index (χ1) is 11.6. The number of aryl methyl sites for hydroxylation is 2. The van der Waals surface area contributed by atoms with E-state index >= 15 is 0 Å². The van der Waals surface area contributed by atoms with Crippen LogP contribution in [0.3, 0.4) is 0 Å². The molecule has 24 heavy (non-hydrogen) atoms. The number of hydrogen-bond donors (Lipinski definition) is 1. The molecule has 1 N–H and O–H groups in total. The van der Waals surface area contributed by atoms with Gasteiger partial charge in [-0.1, -0.05) is 64.8 Å². The normalized spacial score (nSPS) is 10.6. The first kappa shape index (κ1) is 16.3. The van der Waals surface area contributed by atoms with Crippen molar-refractivity contribution in [1.29, 1.82) is 0 Å². The number of rotatable bonds is 4. The fraction of sp³-hybridized carbons (Fsp3) is 0.158. The second kappa shape index (κ2) is 6.89. The Bertz CT molecular complexity index is 887. The second-order valence-electron chi connectivity index (χ2n) is 5.61. The van der Waals surface area contributed by atoms with Crippen LogP contribution in [0.15, 0.2) is 53.1 Å². The van der Waals surface area contributed by atoms with Gasteiger partial charge < -0.3 is 9.84 Å². The molecule has 1 heterocycles. The smallest absolute Gasteiger partial charge is 0.257 e. The third-order valence-electron chi connectivity index (χ3n) is 3.75. The molecule has 1 aromatic heterocycles. The lowest BCUT2D eigenvalue weighted by Crippen LogP contribution is -2.23. The highest BCUT2D eigenvalue weighted by atomic mass is 35.5. The summed E-state index contributed by atoms with van der Waals surface area (Å²) in [5, 5.41) is 7.46. The lowest BCUT2D eigenvalue weighted by atomic mass is 10.1. The van der Waals surface area contributed by atoms with E-state index in [0.717, 1.165) is 11.1 Å². The zero-order chi connectivity index (χ0) is 17.1. The number of nitrogens with one attached hydrogen (secondary N) is 1. The lowest BCUT2D eigenvalue weighted by Gasteiger charge is -2.07. The Labute approximate surface area is 145 Å². The summed E-state index contributed by atoms with van der Waals surface area (Å²) in [7, 11) is 0. The minimum absolute atomic E-state index is 0.231. The van der Waals surface area contributed by atoms with Crippen molar-refractivity contribution in [3.63, 3.8) is 0 Å². The molecule has 5 heteroatoms. The number of carbonyl (C=O) groups is 1. The molecule has 0 spiro atoms. The standard InChI is InChI=1S/C19H17ClN2O2/c1-12-6-5-7-14(10-12)11-21-19(23)17-13(2)24-22-18(17)15-8-3-4-9-16(15)20/h3-10H,11H2,1-2H3,(H,21,23). The molecule has 3 rings (SSSR count). The molecule has 0 radical (unpaired) electrons. The van der Waals surface area contributed by atoms with Crippen LogP contribution in [0, 0.1) is 13.8 Å². The summed E-state index contributed by atoms with van der Waals surface area (Å²) < 4.78 is 5.23. The molecule has 4 nitrogen and oxygen atoms in total. The molecule has 3 aromatic rings. The quantitative estimate of drug-likeness (QED) is 0.758. The van der Waals surface area contributed by atoms with E-state index in [2.05, 4.69) is 10.5 Å². The van der Waals surface area contributed by atoms with Crippen LogP contribution in [-0.2, 0) is 6.54 Å². The highest BCUT2D eigenvalue weighted by Crippen LogP contribution is 2.30. The van der Waals surface area contributed by atoms with E-state index < -0.39 is 0 Å². The van der Waals surface area contributed by atoms with Gasteiger partial charge in [-0.25, -0.2) is 0 Å². The van der Waals surface area contributed by atoms with Crippen LogP contribution in [0.1, 0.15) is 27.2 Å². The molecule has 1 amide bonds. The Morgan fingerprint density at radius 2 is 1.96 bits per heavy atom. The van der Waals surface area contributed by atoms with Crippen LogP contribution in [0.25, 0.3) is 11.3 Å². The maximum atomic E-state index is 12.6. The lowest BCUT2D eigenvalue weighted by molar-refractivity contribution is 0.0950. The summed E-state index contributed by atoms with van der Waals surface area (Å²) in [4.78, 5) is 12.6. The predicted octanol–water partition coefficient (Wildman–Crippen LogP) is 4.54. The van der Waals surface area contributed by atoms with Gasteiger partial charge in [-0.2, -0.15) is 0 Å². The predicted molar refractivity (Wildman–Crippen MR) is 94.0 cm³/mol. The van der Waals surface area contributed by atoms with Crippen molar-refractivity contribution in [3.05, 3.63) is 76.0 Å². The number of nitrogens with zero attached hydrogens (tertiary/aromatic N) is 1. The van der Waals surface area contributed by atoms with Crippen molar-refractivity contribution < 1.29 is 9.32 Å². The first-order valence-electron chi connectivity index (χ1n) is 7.61. The zero-order valence-corrected chi connectivity index (χ0v) is 14.2. The summed E-state index contributed by atoms with van der Waals surface area (Å²) in [6.45, 7) is 4.17. The molecule has 0 fully saturated rings. The van der Waals surface area contributed by atoms with Gasteiger partial charge in [0.05, 0.1) is 5.02 Å². The number of aromatic nitrogens is 1. The molecule has 2 aromatic carbocycles. The number of amides is 1. The maximum Gasteiger partial charge on any atom is 0.257 e. The second-order valence-corrected chi connectivity index (χ2v) is 6.02. The Kier molecular flexibility index (Phi) is 4.67. The van der Waals surface area contributed by atoms with Crippen LogP contribution in [0.2, 0.25) is 5.02 Å². The number of halogens is 1. The molecule has 0 aliphatic carbocycles. The molecular weight excluding hydrogens is 324 g/mol. The van der Waals surface area contributed by atoms with Crippen molar-refractivity contribution in [1.82, 2.24) is 10.5 Å². The zero-order valence-electron chi connectivity index (χ0n) is 13.5. The van der Waals surface area contributed by atoms with Gasteiger partial charge in [-0.3, -0.25) is 4.79 Å². The fourth-order valence-electron chi connectivity index (χ4n) is 2.57. The number of carbonyl (C=O) groups excluding carboxylic acids is 1. The Morgan fingerprint density at radius 1 is 1.17 bits per heavy atom. The van der Waals surface area contributed by atoms with Gasteiger partial charge in [0.1, 0.15) is 17.0 Å². The summed E-state index contributed by atoms with van der Waals surface area (Å²) >= 11 is 6.22. The summed E-state index contributed by atoms with van der Waals surface area (Å²) in [5.74, 6) is 0.233. The van der Waals surface area contributed by atoms with Gasteiger partial charge in [0.2, 0.25) is 0 Å². The maximum absolute atomic E-state index is 12.6. The van der Waals surface area contributed by atoms with Gasteiger partial charge in [0.15, 0.2) is 0 Å². The molecular formula is C19H17ClN2O2. The Morgan fingerprint density at radius 3 is 2.71 bits per heavy atom. The van der Waals surface area contributed by atoms with Crippen LogP contribution in [0.4, 0.5) is 0 Å². The molecule has 0 atom stereocenters. The monoisotopic (exact) mass is 340 g/mol. The minimum atomic E-state index is -0.231. The summed E-state index contributed by atoms with van der Waals surface area (Å²) in [5.41, 5.74) is 3.74. The van der Waals surface area contributed by atoms with E-state index in [1.807, 2.05) is 49.4 Å². The summed E-state index contributed by atoms with van der Waals surface area (Å²) in [6.07, 6.45) is 0. The molecule has 122 valence electrons. The Balaban J connectivity index is 1.85. The molecule has 0 saturated carbocycles. The highest BCUT2D eigenvalue weighted by Gasteiger charge is 2.22. The average Bonchev–Trinajstić information content (AvgIpc) is 2.95. The van der Waals surface area contributed by atoms with Gasteiger partial charge in [0.25, 0.3) is 5.91 Å². The van der Waals surface area contributed by atoms with E-state index in [-0.39, 0.29) is 5.91 Å². The van der Waals surface area contributed by atoms with Crippen molar-refractivity contribution in [2.24, 2.45) is 0 Å². The fourth-order valence-corrected chi connectivity index (χ4v) is 2.79. The SMILES string of the molecule is Cc1cccc(CNC(=O)c2c(-c3ccccc3Cl)noc2C)c1. The van der Waals surface area contributed by atoms with Crippen LogP contribution in [0.5, 0.6) is 0 Å².